The van der Waals surface area contributed by atoms with Gasteiger partial charge in [0.2, 0.25) is 5.13 Å². The van der Waals surface area contributed by atoms with Crippen molar-refractivity contribution in [1.29, 1.82) is 0 Å². The fraction of sp³-hybridized carbons (Fsp3) is 0.222. The SMILES string of the molecule is COc1cccc(NC(=O)Nc2nnc(Sc3nc4c(c(=O)n(C)c(=O)n4C)n3C)s2)c1. The number of benzene rings is 1. The fourth-order valence-electron chi connectivity index (χ4n) is 2.93. The van der Waals surface area contributed by atoms with Gasteiger partial charge in [-0.1, -0.05) is 17.4 Å². The molecule has 0 radical (unpaired) electrons. The number of nitrogens with one attached hydrogen (secondary N) is 2. The molecule has 1 aromatic carbocycles. The van der Waals surface area contributed by atoms with Crippen LogP contribution in [0.15, 0.2) is 43.4 Å². The highest BCUT2D eigenvalue weighted by Gasteiger charge is 2.19. The number of aromatic nitrogens is 6. The Labute approximate surface area is 188 Å². The zero-order valence-corrected chi connectivity index (χ0v) is 19.1. The number of urea groups is 1. The fourth-order valence-corrected chi connectivity index (χ4v) is 4.63. The molecular formula is C18H18N8O4S2. The Balaban J connectivity index is 1.51. The van der Waals surface area contributed by atoms with Gasteiger partial charge in [0.15, 0.2) is 20.7 Å². The lowest BCUT2D eigenvalue weighted by atomic mass is 10.3. The molecule has 2 N–H and O–H groups in total. The van der Waals surface area contributed by atoms with E-state index in [2.05, 4.69) is 25.8 Å². The molecule has 0 aliphatic heterocycles. The second-order valence-electron chi connectivity index (χ2n) is 6.62. The van der Waals surface area contributed by atoms with E-state index >= 15 is 0 Å². The van der Waals surface area contributed by atoms with Gasteiger partial charge in [0.25, 0.3) is 5.56 Å². The van der Waals surface area contributed by atoms with E-state index in [4.69, 9.17) is 4.74 Å². The van der Waals surface area contributed by atoms with Crippen LogP contribution in [0.2, 0.25) is 0 Å². The number of rotatable bonds is 5. The van der Waals surface area contributed by atoms with E-state index in [0.29, 0.717) is 26.4 Å². The summed E-state index contributed by atoms with van der Waals surface area (Å²) < 4.78 is 9.59. The Morgan fingerprint density at radius 1 is 1.09 bits per heavy atom. The van der Waals surface area contributed by atoms with Crippen LogP contribution < -0.4 is 26.6 Å². The van der Waals surface area contributed by atoms with Gasteiger partial charge in [-0.25, -0.2) is 14.6 Å². The highest BCUT2D eigenvalue weighted by Crippen LogP contribution is 2.32. The first-order valence-electron chi connectivity index (χ1n) is 9.14. The van der Waals surface area contributed by atoms with Crippen molar-refractivity contribution >= 4 is 51.1 Å². The molecule has 0 saturated carbocycles. The summed E-state index contributed by atoms with van der Waals surface area (Å²) in [6.45, 7) is 0. The normalized spacial score (nSPS) is 11.0. The van der Waals surface area contributed by atoms with E-state index in [1.807, 2.05) is 0 Å². The van der Waals surface area contributed by atoms with Crippen LogP contribution in [0.4, 0.5) is 15.6 Å². The third-order valence-electron chi connectivity index (χ3n) is 4.57. The number of ether oxygens (including phenoxy) is 1. The van der Waals surface area contributed by atoms with Crippen molar-refractivity contribution in [1.82, 2.24) is 28.9 Å². The summed E-state index contributed by atoms with van der Waals surface area (Å²) in [7, 11) is 6.20. The van der Waals surface area contributed by atoms with Gasteiger partial charge in [0, 0.05) is 32.9 Å². The molecule has 0 unspecified atom stereocenters. The van der Waals surface area contributed by atoms with Gasteiger partial charge in [-0.2, -0.15) is 0 Å². The molecular weight excluding hydrogens is 456 g/mol. The summed E-state index contributed by atoms with van der Waals surface area (Å²) in [5.41, 5.74) is 0.259. The smallest absolute Gasteiger partial charge is 0.332 e. The lowest BCUT2D eigenvalue weighted by Gasteiger charge is -2.06. The van der Waals surface area contributed by atoms with Gasteiger partial charge in [0.05, 0.1) is 7.11 Å². The van der Waals surface area contributed by atoms with Crippen LogP contribution in [0.1, 0.15) is 0 Å². The minimum absolute atomic E-state index is 0.281. The number of anilines is 2. The summed E-state index contributed by atoms with van der Waals surface area (Å²) in [6, 6.07) is 6.46. The van der Waals surface area contributed by atoms with Crippen molar-refractivity contribution in [2.24, 2.45) is 21.1 Å². The number of hydrogen-bond acceptors (Lipinski definition) is 9. The molecule has 4 rings (SSSR count). The minimum Gasteiger partial charge on any atom is -0.497 e. The first kappa shape index (κ1) is 21.6. The Hall–Kier alpha value is -3.65. The monoisotopic (exact) mass is 474 g/mol. The summed E-state index contributed by atoms with van der Waals surface area (Å²) in [5.74, 6) is 0.618. The van der Waals surface area contributed by atoms with Crippen molar-refractivity contribution in [2.45, 2.75) is 9.50 Å². The number of carbonyl (C=O) groups excluding carboxylic acids is 1. The van der Waals surface area contributed by atoms with Crippen LogP contribution in [0, 0.1) is 0 Å². The van der Waals surface area contributed by atoms with Crippen LogP contribution in [0.3, 0.4) is 0 Å². The summed E-state index contributed by atoms with van der Waals surface area (Å²) in [4.78, 5) is 41.3. The Morgan fingerprint density at radius 3 is 2.62 bits per heavy atom. The van der Waals surface area contributed by atoms with Crippen molar-refractivity contribution in [3.63, 3.8) is 0 Å². The number of amides is 2. The predicted octanol–water partition coefficient (Wildman–Crippen LogP) is 1.63. The van der Waals surface area contributed by atoms with Crippen LogP contribution in [0.25, 0.3) is 11.2 Å². The number of nitrogens with zero attached hydrogens (tertiary/aromatic N) is 6. The Bertz CT molecular complexity index is 1450. The molecule has 0 saturated heterocycles. The largest absolute Gasteiger partial charge is 0.497 e. The second-order valence-corrected chi connectivity index (χ2v) is 8.81. The topological polar surface area (TPSA) is 138 Å². The molecule has 3 heterocycles. The van der Waals surface area contributed by atoms with Gasteiger partial charge in [-0.15, -0.1) is 10.2 Å². The molecule has 3 aromatic heterocycles. The average Bonchev–Trinajstić information content (AvgIpc) is 3.35. The Morgan fingerprint density at radius 2 is 1.88 bits per heavy atom. The number of carbonyl (C=O) groups is 1. The highest BCUT2D eigenvalue weighted by molar-refractivity contribution is 8.01. The van der Waals surface area contributed by atoms with Gasteiger partial charge in [-0.05, 0) is 23.9 Å². The molecule has 2 amide bonds. The first-order valence-corrected chi connectivity index (χ1v) is 10.8. The van der Waals surface area contributed by atoms with Gasteiger partial charge >= 0.3 is 11.7 Å². The second kappa shape index (κ2) is 8.47. The standard InChI is InChI=1S/C18H18N8O4S2/c1-24-11-12(25(2)18(29)26(3)13(11)27)20-16(24)32-17-23-22-15(31-17)21-14(28)19-9-6-5-7-10(8-9)30-4/h5-8H,1-4H3,(H2,19,21,22,28). The van der Waals surface area contributed by atoms with E-state index in [-0.39, 0.29) is 10.8 Å². The highest BCUT2D eigenvalue weighted by atomic mass is 32.2. The van der Waals surface area contributed by atoms with Crippen LogP contribution >= 0.6 is 23.1 Å². The molecule has 12 nitrogen and oxygen atoms in total. The average molecular weight is 475 g/mol. The molecule has 0 aliphatic rings. The number of fused-ring (bicyclic) bond motifs is 1. The van der Waals surface area contributed by atoms with E-state index in [0.717, 1.165) is 15.9 Å². The number of methoxy groups -OCH3 is 1. The number of aryl methyl sites for hydroxylation is 2. The predicted molar refractivity (Wildman–Crippen MR) is 121 cm³/mol. The zero-order valence-electron chi connectivity index (χ0n) is 17.4. The molecule has 32 heavy (non-hydrogen) atoms. The molecule has 14 heteroatoms. The third-order valence-corrected chi connectivity index (χ3v) is 6.50. The van der Waals surface area contributed by atoms with E-state index in [1.54, 1.807) is 50.0 Å². The van der Waals surface area contributed by atoms with Gasteiger partial charge in [-0.3, -0.25) is 19.2 Å². The van der Waals surface area contributed by atoms with Crippen molar-refractivity contribution in [3.05, 3.63) is 45.1 Å². The molecule has 4 aromatic rings. The summed E-state index contributed by atoms with van der Waals surface area (Å²) in [6.07, 6.45) is 0. The Kier molecular flexibility index (Phi) is 5.71. The molecule has 0 atom stereocenters. The van der Waals surface area contributed by atoms with Crippen molar-refractivity contribution in [3.8, 4) is 5.75 Å². The molecule has 0 aliphatic carbocycles. The van der Waals surface area contributed by atoms with Gasteiger partial charge < -0.3 is 14.6 Å². The third kappa shape index (κ3) is 3.97. The van der Waals surface area contributed by atoms with Crippen molar-refractivity contribution in [2.75, 3.05) is 17.7 Å². The zero-order chi connectivity index (χ0) is 23.0. The first-order chi connectivity index (χ1) is 15.3. The quantitative estimate of drug-likeness (QED) is 0.416. The maximum Gasteiger partial charge on any atom is 0.332 e. The van der Waals surface area contributed by atoms with E-state index in [1.165, 1.54) is 23.4 Å². The molecule has 0 spiro atoms. The lowest BCUT2D eigenvalue weighted by Crippen LogP contribution is -2.37. The minimum atomic E-state index is -0.479. The van der Waals surface area contributed by atoms with Crippen LogP contribution in [-0.4, -0.2) is 42.0 Å². The van der Waals surface area contributed by atoms with Gasteiger partial charge in [0.1, 0.15) is 5.75 Å². The maximum atomic E-state index is 12.5. The molecule has 0 fully saturated rings. The summed E-state index contributed by atoms with van der Waals surface area (Å²) in [5, 5.41) is 14.1. The number of hydrogen-bond donors (Lipinski definition) is 2. The van der Waals surface area contributed by atoms with Crippen molar-refractivity contribution < 1.29 is 9.53 Å². The summed E-state index contributed by atoms with van der Waals surface area (Å²) >= 11 is 2.32. The number of imidazole rings is 1. The van der Waals surface area contributed by atoms with Crippen LogP contribution in [-0.2, 0) is 21.1 Å². The maximum absolute atomic E-state index is 12.5. The molecule has 0 bridgehead atoms. The van der Waals surface area contributed by atoms with E-state index < -0.39 is 17.3 Å². The molecule has 166 valence electrons. The van der Waals surface area contributed by atoms with Crippen LogP contribution in [0.5, 0.6) is 5.75 Å². The van der Waals surface area contributed by atoms with E-state index in [9.17, 15) is 14.4 Å². The lowest BCUT2D eigenvalue weighted by molar-refractivity contribution is 0.262.